The molecule has 0 unspecified atom stereocenters. The van der Waals surface area contributed by atoms with Crippen molar-refractivity contribution < 1.29 is 17.9 Å². The van der Waals surface area contributed by atoms with Crippen LogP contribution in [0.2, 0.25) is 0 Å². The highest BCUT2D eigenvalue weighted by atomic mass is 32.2. The highest BCUT2D eigenvalue weighted by molar-refractivity contribution is 7.91. The molecule has 96 valence electrons. The number of benzene rings is 1. The third-order valence-corrected chi connectivity index (χ3v) is 4.58. The lowest BCUT2D eigenvalue weighted by Crippen LogP contribution is -2.40. The van der Waals surface area contributed by atoms with Gasteiger partial charge in [0.1, 0.15) is 11.3 Å². The van der Waals surface area contributed by atoms with Crippen LogP contribution in [0.5, 0.6) is 5.75 Å². The maximum absolute atomic E-state index is 11.3. The standard InChI is InChI=1S/C11H12N2O4S/c14-8-1-2-9-10(7-8)17-11(12-9)13-3-5-18(15,16)6-4-13/h1-2,7,14H,3-6H2. The number of fused-ring (bicyclic) bond motifs is 1. The van der Waals surface area contributed by atoms with Crippen LogP contribution in [0, 0.1) is 0 Å². The summed E-state index contributed by atoms with van der Waals surface area (Å²) in [6.45, 7) is 0.780. The van der Waals surface area contributed by atoms with Gasteiger partial charge in [-0.3, -0.25) is 0 Å². The van der Waals surface area contributed by atoms with Crippen molar-refractivity contribution in [3.8, 4) is 5.75 Å². The maximum atomic E-state index is 11.3. The predicted octanol–water partition coefficient (Wildman–Crippen LogP) is 0.768. The van der Waals surface area contributed by atoms with E-state index in [1.165, 1.54) is 12.1 Å². The Morgan fingerprint density at radius 3 is 2.72 bits per heavy atom. The van der Waals surface area contributed by atoms with Crippen LogP contribution in [0.4, 0.5) is 6.01 Å². The first-order valence-electron chi connectivity index (χ1n) is 5.58. The first kappa shape index (κ1) is 11.3. The maximum Gasteiger partial charge on any atom is 0.298 e. The lowest BCUT2D eigenvalue weighted by molar-refractivity contribution is 0.474. The molecule has 1 N–H and O–H groups in total. The SMILES string of the molecule is O=S1(=O)CCN(c2nc3ccc(O)cc3o2)CC1. The Hall–Kier alpha value is -1.76. The minimum Gasteiger partial charge on any atom is -0.508 e. The van der Waals surface area contributed by atoms with E-state index in [1.807, 2.05) is 0 Å². The van der Waals surface area contributed by atoms with E-state index in [-0.39, 0.29) is 17.3 Å². The van der Waals surface area contributed by atoms with Crippen LogP contribution in [0.1, 0.15) is 0 Å². The average molecular weight is 268 g/mol. The highest BCUT2D eigenvalue weighted by Gasteiger charge is 2.24. The number of hydrogen-bond donors (Lipinski definition) is 1. The topological polar surface area (TPSA) is 83.6 Å². The second-order valence-electron chi connectivity index (χ2n) is 4.29. The van der Waals surface area contributed by atoms with E-state index in [1.54, 1.807) is 11.0 Å². The molecule has 0 aliphatic carbocycles. The molecule has 6 nitrogen and oxygen atoms in total. The third kappa shape index (κ3) is 2.01. The Morgan fingerprint density at radius 2 is 2.00 bits per heavy atom. The molecule has 1 aromatic heterocycles. The number of nitrogens with zero attached hydrogens (tertiary/aromatic N) is 2. The Balaban J connectivity index is 1.91. The number of aromatic nitrogens is 1. The number of phenolic OH excluding ortho intramolecular Hbond substituents is 1. The van der Waals surface area contributed by atoms with Crippen LogP contribution < -0.4 is 4.90 Å². The van der Waals surface area contributed by atoms with Gasteiger partial charge in [-0.25, -0.2) is 8.42 Å². The number of hydrogen-bond acceptors (Lipinski definition) is 6. The van der Waals surface area contributed by atoms with Crippen molar-refractivity contribution in [1.29, 1.82) is 0 Å². The summed E-state index contributed by atoms with van der Waals surface area (Å²) in [5, 5.41) is 9.34. The van der Waals surface area contributed by atoms with Crippen LogP contribution in [-0.2, 0) is 9.84 Å². The number of aromatic hydroxyl groups is 1. The second kappa shape index (κ2) is 3.88. The smallest absolute Gasteiger partial charge is 0.298 e. The van der Waals surface area contributed by atoms with Crippen LogP contribution in [-0.4, -0.2) is 43.1 Å². The molecule has 1 aliphatic heterocycles. The number of phenols is 1. The zero-order chi connectivity index (χ0) is 12.8. The lowest BCUT2D eigenvalue weighted by Gasteiger charge is -2.24. The van der Waals surface area contributed by atoms with E-state index in [0.29, 0.717) is 30.2 Å². The summed E-state index contributed by atoms with van der Waals surface area (Å²) < 4.78 is 28.2. The molecule has 0 amide bonds. The summed E-state index contributed by atoms with van der Waals surface area (Å²) in [5.74, 6) is 0.361. The zero-order valence-corrected chi connectivity index (χ0v) is 10.4. The summed E-state index contributed by atoms with van der Waals surface area (Å²) >= 11 is 0. The van der Waals surface area contributed by atoms with Crippen molar-refractivity contribution in [2.45, 2.75) is 0 Å². The van der Waals surface area contributed by atoms with E-state index >= 15 is 0 Å². The van der Waals surface area contributed by atoms with Crippen molar-refractivity contribution in [2.24, 2.45) is 0 Å². The molecule has 0 atom stereocenters. The first-order valence-corrected chi connectivity index (χ1v) is 7.41. The fraction of sp³-hybridized carbons (Fsp3) is 0.364. The molecule has 0 radical (unpaired) electrons. The normalized spacial score (nSPS) is 19.2. The fourth-order valence-corrected chi connectivity index (χ4v) is 3.14. The predicted molar refractivity (Wildman–Crippen MR) is 66.5 cm³/mol. The van der Waals surface area contributed by atoms with E-state index < -0.39 is 9.84 Å². The van der Waals surface area contributed by atoms with E-state index in [4.69, 9.17) is 4.42 Å². The molecule has 7 heteroatoms. The molecule has 0 spiro atoms. The van der Waals surface area contributed by atoms with Gasteiger partial charge in [0.2, 0.25) is 0 Å². The number of anilines is 1. The Morgan fingerprint density at radius 1 is 1.28 bits per heavy atom. The van der Waals surface area contributed by atoms with Gasteiger partial charge in [-0.15, -0.1) is 0 Å². The Bertz CT molecular complexity index is 678. The van der Waals surface area contributed by atoms with Crippen molar-refractivity contribution in [3.05, 3.63) is 18.2 Å². The highest BCUT2D eigenvalue weighted by Crippen LogP contribution is 2.25. The lowest BCUT2D eigenvalue weighted by atomic mass is 10.3. The van der Waals surface area contributed by atoms with Crippen molar-refractivity contribution in [3.63, 3.8) is 0 Å². The van der Waals surface area contributed by atoms with Crippen molar-refractivity contribution in [1.82, 2.24) is 4.98 Å². The number of rotatable bonds is 1. The number of oxazole rings is 1. The van der Waals surface area contributed by atoms with Gasteiger partial charge in [-0.2, -0.15) is 4.98 Å². The van der Waals surface area contributed by atoms with Crippen LogP contribution in [0.25, 0.3) is 11.1 Å². The molecule has 1 fully saturated rings. The minimum absolute atomic E-state index is 0.117. The van der Waals surface area contributed by atoms with Crippen LogP contribution in [0.15, 0.2) is 22.6 Å². The molecule has 18 heavy (non-hydrogen) atoms. The largest absolute Gasteiger partial charge is 0.508 e. The molecular weight excluding hydrogens is 256 g/mol. The molecule has 2 aromatic rings. The van der Waals surface area contributed by atoms with Crippen molar-refractivity contribution >= 4 is 27.0 Å². The van der Waals surface area contributed by atoms with Gasteiger partial charge in [0.25, 0.3) is 6.01 Å². The van der Waals surface area contributed by atoms with Gasteiger partial charge in [0, 0.05) is 19.2 Å². The summed E-state index contributed by atoms with van der Waals surface area (Å²) in [7, 11) is -2.91. The van der Waals surface area contributed by atoms with Gasteiger partial charge < -0.3 is 14.4 Å². The molecule has 0 bridgehead atoms. The van der Waals surface area contributed by atoms with E-state index in [9.17, 15) is 13.5 Å². The van der Waals surface area contributed by atoms with Crippen LogP contribution in [0.3, 0.4) is 0 Å². The second-order valence-corrected chi connectivity index (χ2v) is 6.59. The van der Waals surface area contributed by atoms with Crippen LogP contribution >= 0.6 is 0 Å². The van der Waals surface area contributed by atoms with Gasteiger partial charge in [0.05, 0.1) is 11.5 Å². The van der Waals surface area contributed by atoms with E-state index in [0.717, 1.165) is 0 Å². The Kier molecular flexibility index (Phi) is 2.44. The minimum atomic E-state index is -2.91. The molecule has 2 heterocycles. The van der Waals surface area contributed by atoms with E-state index in [2.05, 4.69) is 4.98 Å². The van der Waals surface area contributed by atoms with Gasteiger partial charge in [-0.1, -0.05) is 0 Å². The van der Waals surface area contributed by atoms with Gasteiger partial charge in [0.15, 0.2) is 15.4 Å². The summed E-state index contributed by atoms with van der Waals surface area (Å²) in [6, 6.07) is 5.10. The molecule has 1 aliphatic rings. The van der Waals surface area contributed by atoms with Gasteiger partial charge >= 0.3 is 0 Å². The molecule has 1 aromatic carbocycles. The summed E-state index contributed by atoms with van der Waals surface area (Å²) in [5.41, 5.74) is 1.15. The monoisotopic (exact) mass is 268 g/mol. The molecule has 1 saturated heterocycles. The first-order chi connectivity index (χ1) is 8.53. The molecule has 3 rings (SSSR count). The number of sulfone groups is 1. The zero-order valence-electron chi connectivity index (χ0n) is 9.54. The third-order valence-electron chi connectivity index (χ3n) is 2.98. The summed E-state index contributed by atoms with van der Waals surface area (Å²) in [6.07, 6.45) is 0. The molecular formula is C11H12N2O4S. The average Bonchev–Trinajstić information content (AvgIpc) is 2.71. The Labute approximate surface area is 104 Å². The fourth-order valence-electron chi connectivity index (χ4n) is 1.94. The quantitative estimate of drug-likeness (QED) is 0.822. The molecule has 0 saturated carbocycles. The summed E-state index contributed by atoms with van der Waals surface area (Å²) in [4.78, 5) is 6.08. The van der Waals surface area contributed by atoms with Crippen molar-refractivity contribution in [2.75, 3.05) is 29.5 Å². The van der Waals surface area contributed by atoms with Gasteiger partial charge in [-0.05, 0) is 12.1 Å².